The number of hydrogen-bond acceptors (Lipinski definition) is 5. The van der Waals surface area contributed by atoms with Crippen LogP contribution in [0.3, 0.4) is 0 Å². The Morgan fingerprint density at radius 3 is 2.40 bits per heavy atom. The van der Waals surface area contributed by atoms with Crippen molar-refractivity contribution in [1.82, 2.24) is 20.1 Å². The summed E-state index contributed by atoms with van der Waals surface area (Å²) in [6.45, 7) is 6.64. The van der Waals surface area contributed by atoms with Crippen LogP contribution in [0, 0.1) is 0 Å². The Hall–Kier alpha value is -2.80. The number of nitrogens with zero attached hydrogens (tertiary/aromatic N) is 3. The molecule has 2 aromatic carbocycles. The first kappa shape index (κ1) is 21.9. The maximum absolute atomic E-state index is 12.3. The summed E-state index contributed by atoms with van der Waals surface area (Å²) in [5.74, 6) is 1.86. The number of rotatable bonds is 8. The van der Waals surface area contributed by atoms with Crippen LogP contribution in [-0.4, -0.2) is 39.1 Å². The number of carbonyl (C=O) groups excluding carboxylic acids is 1. The van der Waals surface area contributed by atoms with Crippen molar-refractivity contribution in [2.24, 2.45) is 0 Å². The Morgan fingerprint density at radius 2 is 1.77 bits per heavy atom. The van der Waals surface area contributed by atoms with E-state index >= 15 is 0 Å². The van der Waals surface area contributed by atoms with Crippen molar-refractivity contribution < 1.29 is 9.53 Å². The monoisotopic (exact) mass is 424 g/mol. The highest BCUT2D eigenvalue weighted by Gasteiger charge is 2.18. The maximum atomic E-state index is 12.3. The summed E-state index contributed by atoms with van der Waals surface area (Å²) in [5.41, 5.74) is 1.95. The molecular weight excluding hydrogens is 396 g/mol. The van der Waals surface area contributed by atoms with E-state index in [9.17, 15) is 4.79 Å². The van der Waals surface area contributed by atoms with Crippen LogP contribution in [0.1, 0.15) is 26.3 Å². The van der Waals surface area contributed by atoms with Gasteiger partial charge in [0.2, 0.25) is 5.91 Å². The van der Waals surface area contributed by atoms with E-state index in [1.54, 1.807) is 7.11 Å². The highest BCUT2D eigenvalue weighted by molar-refractivity contribution is 7.99. The predicted octanol–water partition coefficient (Wildman–Crippen LogP) is 4.20. The highest BCUT2D eigenvalue weighted by atomic mass is 32.2. The second kappa shape index (κ2) is 9.80. The molecule has 1 heterocycles. The van der Waals surface area contributed by atoms with Gasteiger partial charge in [0.25, 0.3) is 0 Å². The molecule has 1 aromatic heterocycles. The topological polar surface area (TPSA) is 69.0 Å². The predicted molar refractivity (Wildman–Crippen MR) is 121 cm³/mol. The third-order valence-corrected chi connectivity index (χ3v) is 5.35. The zero-order valence-electron chi connectivity index (χ0n) is 17.9. The molecule has 0 saturated carbocycles. The number of ether oxygens (including phenoxy) is 1. The zero-order valence-corrected chi connectivity index (χ0v) is 18.7. The quantitative estimate of drug-likeness (QED) is 0.549. The Morgan fingerprint density at radius 1 is 1.07 bits per heavy atom. The summed E-state index contributed by atoms with van der Waals surface area (Å²) in [7, 11) is 1.65. The zero-order chi connectivity index (χ0) is 21.6. The first-order valence-corrected chi connectivity index (χ1v) is 10.9. The molecule has 0 unspecified atom stereocenters. The molecule has 0 aliphatic carbocycles. The number of amides is 1. The summed E-state index contributed by atoms with van der Waals surface area (Å²) < 4.78 is 7.35. The number of nitrogens with one attached hydrogen (secondary N) is 1. The third-order valence-electron chi connectivity index (χ3n) is 4.38. The molecule has 0 fully saturated rings. The van der Waals surface area contributed by atoms with E-state index < -0.39 is 0 Å². The van der Waals surface area contributed by atoms with Crippen molar-refractivity contribution in [3.8, 4) is 17.1 Å². The number of aromatic nitrogens is 3. The van der Waals surface area contributed by atoms with E-state index in [1.165, 1.54) is 17.3 Å². The molecule has 1 N–H and O–H groups in total. The van der Waals surface area contributed by atoms with Gasteiger partial charge in [0.15, 0.2) is 11.0 Å². The molecule has 0 aliphatic rings. The lowest BCUT2D eigenvalue weighted by Gasteiger charge is -2.20. The summed E-state index contributed by atoms with van der Waals surface area (Å²) in [6.07, 6.45) is 0.851. The van der Waals surface area contributed by atoms with Gasteiger partial charge in [-0.2, -0.15) is 0 Å². The molecule has 0 saturated heterocycles. The molecule has 0 spiro atoms. The summed E-state index contributed by atoms with van der Waals surface area (Å²) in [6, 6.07) is 18.1. The number of methoxy groups -OCH3 is 1. The average Bonchev–Trinajstić information content (AvgIpc) is 3.13. The number of hydrogen-bond donors (Lipinski definition) is 1. The fraction of sp³-hybridized carbons (Fsp3) is 0.348. The molecule has 6 nitrogen and oxygen atoms in total. The average molecular weight is 425 g/mol. The standard InChI is InChI=1S/C23H28N4O2S/c1-23(2,3)24-20(28)16-30-22-26-25-21(18-10-12-19(29-4)13-11-18)27(22)15-14-17-8-6-5-7-9-17/h5-13H,14-16H2,1-4H3,(H,24,28). The molecule has 158 valence electrons. The summed E-state index contributed by atoms with van der Waals surface area (Å²) >= 11 is 1.41. The van der Waals surface area contributed by atoms with Gasteiger partial charge in [-0.1, -0.05) is 42.1 Å². The van der Waals surface area contributed by atoms with Gasteiger partial charge in [-0.15, -0.1) is 10.2 Å². The summed E-state index contributed by atoms with van der Waals surface area (Å²) in [5, 5.41) is 12.5. The van der Waals surface area contributed by atoms with Gasteiger partial charge >= 0.3 is 0 Å². The van der Waals surface area contributed by atoms with Crippen LogP contribution in [-0.2, 0) is 17.8 Å². The highest BCUT2D eigenvalue weighted by Crippen LogP contribution is 2.26. The SMILES string of the molecule is COc1ccc(-c2nnc(SCC(=O)NC(C)(C)C)n2CCc2ccccc2)cc1. The molecule has 7 heteroatoms. The second-order valence-electron chi connectivity index (χ2n) is 8.01. The minimum absolute atomic E-state index is 0.0175. The summed E-state index contributed by atoms with van der Waals surface area (Å²) in [4.78, 5) is 12.3. The minimum Gasteiger partial charge on any atom is -0.497 e. The van der Waals surface area contributed by atoms with Gasteiger partial charge in [0.05, 0.1) is 12.9 Å². The van der Waals surface area contributed by atoms with Crippen molar-refractivity contribution in [2.45, 2.75) is 44.4 Å². The number of thioether (sulfide) groups is 1. The Bertz CT molecular complexity index is 963. The van der Waals surface area contributed by atoms with Crippen molar-refractivity contribution in [3.63, 3.8) is 0 Å². The number of carbonyl (C=O) groups is 1. The molecule has 0 aliphatic heterocycles. The van der Waals surface area contributed by atoms with E-state index in [1.807, 2.05) is 63.2 Å². The Balaban J connectivity index is 1.82. The van der Waals surface area contributed by atoms with E-state index in [0.717, 1.165) is 35.3 Å². The lowest BCUT2D eigenvalue weighted by Crippen LogP contribution is -2.41. The first-order chi connectivity index (χ1) is 14.4. The van der Waals surface area contributed by atoms with E-state index in [-0.39, 0.29) is 11.4 Å². The normalized spacial score (nSPS) is 11.3. The largest absolute Gasteiger partial charge is 0.497 e. The molecule has 3 aromatic rings. The first-order valence-electron chi connectivity index (χ1n) is 9.91. The Kier molecular flexibility index (Phi) is 7.15. The number of aryl methyl sites for hydroxylation is 1. The van der Waals surface area contributed by atoms with Gasteiger partial charge in [0, 0.05) is 17.6 Å². The lowest BCUT2D eigenvalue weighted by molar-refractivity contribution is -0.119. The van der Waals surface area contributed by atoms with Gasteiger partial charge < -0.3 is 14.6 Å². The van der Waals surface area contributed by atoms with Crippen LogP contribution in [0.25, 0.3) is 11.4 Å². The van der Waals surface area contributed by atoms with Gasteiger partial charge in [-0.05, 0) is 57.0 Å². The van der Waals surface area contributed by atoms with Crippen molar-refractivity contribution in [1.29, 1.82) is 0 Å². The van der Waals surface area contributed by atoms with E-state index in [0.29, 0.717) is 5.75 Å². The molecule has 3 rings (SSSR count). The molecule has 0 atom stereocenters. The van der Waals surface area contributed by atoms with Crippen molar-refractivity contribution >= 4 is 17.7 Å². The molecule has 0 radical (unpaired) electrons. The second-order valence-corrected chi connectivity index (χ2v) is 8.95. The molecule has 0 bridgehead atoms. The minimum atomic E-state index is -0.257. The van der Waals surface area contributed by atoms with Crippen LogP contribution in [0.5, 0.6) is 5.75 Å². The van der Waals surface area contributed by atoms with Crippen LogP contribution in [0.15, 0.2) is 59.8 Å². The lowest BCUT2D eigenvalue weighted by atomic mass is 10.1. The van der Waals surface area contributed by atoms with Gasteiger partial charge in [-0.3, -0.25) is 4.79 Å². The van der Waals surface area contributed by atoms with Crippen LogP contribution in [0.4, 0.5) is 0 Å². The smallest absolute Gasteiger partial charge is 0.230 e. The van der Waals surface area contributed by atoms with E-state index in [2.05, 4.69) is 32.2 Å². The van der Waals surface area contributed by atoms with Gasteiger partial charge in [-0.25, -0.2) is 0 Å². The van der Waals surface area contributed by atoms with Crippen LogP contribution < -0.4 is 10.1 Å². The third kappa shape index (κ3) is 6.10. The molecule has 1 amide bonds. The fourth-order valence-electron chi connectivity index (χ4n) is 3.02. The number of benzene rings is 2. The molecule has 30 heavy (non-hydrogen) atoms. The van der Waals surface area contributed by atoms with Crippen LogP contribution >= 0.6 is 11.8 Å². The molecular formula is C23H28N4O2S. The van der Waals surface area contributed by atoms with Crippen molar-refractivity contribution in [2.75, 3.05) is 12.9 Å². The maximum Gasteiger partial charge on any atom is 0.230 e. The Labute approximate surface area is 182 Å². The van der Waals surface area contributed by atoms with E-state index in [4.69, 9.17) is 4.74 Å². The van der Waals surface area contributed by atoms with Crippen LogP contribution in [0.2, 0.25) is 0 Å². The van der Waals surface area contributed by atoms with Gasteiger partial charge in [0.1, 0.15) is 5.75 Å². The fourth-order valence-corrected chi connectivity index (χ4v) is 3.79. The van der Waals surface area contributed by atoms with Crippen molar-refractivity contribution in [3.05, 3.63) is 60.2 Å².